The fourth-order valence-electron chi connectivity index (χ4n) is 2.29. The van der Waals surface area contributed by atoms with Gasteiger partial charge in [-0.15, -0.1) is 0 Å². The van der Waals surface area contributed by atoms with Gasteiger partial charge in [-0.05, 0) is 5.56 Å². The van der Waals surface area contributed by atoms with Crippen LogP contribution < -0.4 is 0 Å². The number of hydrogen-bond acceptors (Lipinski definition) is 2. The lowest BCUT2D eigenvalue weighted by molar-refractivity contribution is 0.245. The van der Waals surface area contributed by atoms with Crippen molar-refractivity contribution >= 4 is 11.6 Å². The Kier molecular flexibility index (Phi) is 2.87. The van der Waals surface area contributed by atoms with Crippen molar-refractivity contribution in [3.8, 4) is 0 Å². The Morgan fingerprint density at radius 2 is 2.12 bits per heavy atom. The Morgan fingerprint density at radius 1 is 1.29 bits per heavy atom. The summed E-state index contributed by atoms with van der Waals surface area (Å²) in [6.07, 6.45) is 1.00. The molecular weight excluding hydrogens is 234 g/mol. The molecule has 1 aromatic heterocycles. The van der Waals surface area contributed by atoms with E-state index in [2.05, 4.69) is 39.4 Å². The second kappa shape index (κ2) is 4.51. The van der Waals surface area contributed by atoms with Crippen molar-refractivity contribution in [1.82, 2.24) is 15.1 Å². The summed E-state index contributed by atoms with van der Waals surface area (Å²) in [6.45, 7) is 2.92. The zero-order valence-electron chi connectivity index (χ0n) is 9.49. The lowest BCUT2D eigenvalue weighted by atomic mass is 10.1. The molecule has 3 rings (SSSR count). The third-order valence-corrected chi connectivity index (χ3v) is 3.52. The molecule has 4 heteroatoms. The maximum atomic E-state index is 6.06. The summed E-state index contributed by atoms with van der Waals surface area (Å²) in [5.74, 6) is 0. The molecule has 1 N–H and O–H groups in total. The molecule has 0 saturated carbocycles. The molecule has 0 radical (unpaired) electrons. The van der Waals surface area contributed by atoms with E-state index in [4.69, 9.17) is 11.6 Å². The predicted molar refractivity (Wildman–Crippen MR) is 67.9 cm³/mol. The van der Waals surface area contributed by atoms with E-state index in [0.717, 1.165) is 31.6 Å². The van der Waals surface area contributed by atoms with E-state index in [1.54, 1.807) is 0 Å². The maximum absolute atomic E-state index is 6.06. The van der Waals surface area contributed by atoms with Gasteiger partial charge in [-0.2, -0.15) is 5.10 Å². The van der Waals surface area contributed by atoms with Crippen LogP contribution in [-0.4, -0.2) is 21.6 Å². The highest BCUT2D eigenvalue weighted by molar-refractivity contribution is 6.30. The van der Waals surface area contributed by atoms with Crippen LogP contribution in [0.5, 0.6) is 0 Å². The fraction of sp³-hybridized carbons (Fsp3) is 0.308. The number of nitrogens with one attached hydrogen (secondary N) is 1. The van der Waals surface area contributed by atoms with Gasteiger partial charge < -0.3 is 0 Å². The monoisotopic (exact) mass is 247 g/mol. The number of H-pyrrole nitrogens is 1. The molecule has 3 nitrogen and oxygen atoms in total. The van der Waals surface area contributed by atoms with E-state index in [1.807, 2.05) is 6.07 Å². The van der Waals surface area contributed by atoms with Crippen LogP contribution in [0.3, 0.4) is 0 Å². The van der Waals surface area contributed by atoms with Crippen LogP contribution in [0.25, 0.3) is 0 Å². The highest BCUT2D eigenvalue weighted by Crippen LogP contribution is 2.24. The minimum absolute atomic E-state index is 0.623. The van der Waals surface area contributed by atoms with Gasteiger partial charge in [-0.1, -0.05) is 41.9 Å². The van der Waals surface area contributed by atoms with Gasteiger partial charge in [0.2, 0.25) is 0 Å². The van der Waals surface area contributed by atoms with Crippen molar-refractivity contribution < 1.29 is 0 Å². The molecule has 88 valence electrons. The SMILES string of the molecule is Clc1n[nH]c2c1CN(Cc1ccccc1)CC2. The molecule has 0 saturated heterocycles. The highest BCUT2D eigenvalue weighted by atomic mass is 35.5. The van der Waals surface area contributed by atoms with Gasteiger partial charge in [0, 0.05) is 37.3 Å². The third kappa shape index (κ3) is 2.21. The largest absolute Gasteiger partial charge is 0.294 e. The number of nitrogens with zero attached hydrogens (tertiary/aromatic N) is 2. The molecule has 0 bridgehead atoms. The van der Waals surface area contributed by atoms with Gasteiger partial charge in [0.25, 0.3) is 0 Å². The van der Waals surface area contributed by atoms with Gasteiger partial charge in [0.1, 0.15) is 0 Å². The molecule has 0 atom stereocenters. The average molecular weight is 248 g/mol. The normalized spacial score (nSPS) is 15.8. The van der Waals surface area contributed by atoms with Crippen LogP contribution in [-0.2, 0) is 19.5 Å². The van der Waals surface area contributed by atoms with Crippen molar-refractivity contribution in [2.24, 2.45) is 0 Å². The minimum atomic E-state index is 0.623. The van der Waals surface area contributed by atoms with E-state index in [1.165, 1.54) is 11.3 Å². The van der Waals surface area contributed by atoms with Gasteiger partial charge >= 0.3 is 0 Å². The first-order valence-corrected chi connectivity index (χ1v) is 6.18. The zero-order valence-corrected chi connectivity index (χ0v) is 10.2. The molecule has 1 aliphatic rings. The quantitative estimate of drug-likeness (QED) is 0.885. The third-order valence-electron chi connectivity index (χ3n) is 3.21. The Labute approximate surface area is 105 Å². The lowest BCUT2D eigenvalue weighted by Gasteiger charge is -2.26. The summed E-state index contributed by atoms with van der Waals surface area (Å²) in [6, 6.07) is 10.5. The Morgan fingerprint density at radius 3 is 2.94 bits per heavy atom. The van der Waals surface area contributed by atoms with Crippen molar-refractivity contribution in [1.29, 1.82) is 0 Å². The van der Waals surface area contributed by atoms with Crippen LogP contribution in [0, 0.1) is 0 Å². The topological polar surface area (TPSA) is 31.9 Å². The summed E-state index contributed by atoms with van der Waals surface area (Å²) < 4.78 is 0. The van der Waals surface area contributed by atoms with Crippen LogP contribution in [0.4, 0.5) is 0 Å². The molecule has 17 heavy (non-hydrogen) atoms. The highest BCUT2D eigenvalue weighted by Gasteiger charge is 2.20. The Bertz CT molecular complexity index is 507. The van der Waals surface area contributed by atoms with Crippen molar-refractivity contribution in [2.45, 2.75) is 19.5 Å². The van der Waals surface area contributed by atoms with Gasteiger partial charge in [0.15, 0.2) is 5.15 Å². The fourth-order valence-corrected chi connectivity index (χ4v) is 2.51. The first kappa shape index (κ1) is 10.8. The molecule has 0 unspecified atom stereocenters. The first-order valence-electron chi connectivity index (χ1n) is 5.81. The Hall–Kier alpha value is -1.32. The second-order valence-corrected chi connectivity index (χ2v) is 4.78. The van der Waals surface area contributed by atoms with Crippen LogP contribution in [0.1, 0.15) is 16.8 Å². The number of fused-ring (bicyclic) bond motifs is 1. The van der Waals surface area contributed by atoms with Gasteiger partial charge in [-0.25, -0.2) is 0 Å². The molecule has 0 spiro atoms. The van der Waals surface area contributed by atoms with Crippen LogP contribution in [0.15, 0.2) is 30.3 Å². The van der Waals surface area contributed by atoms with E-state index < -0.39 is 0 Å². The number of benzene rings is 1. The van der Waals surface area contributed by atoms with E-state index in [0.29, 0.717) is 5.15 Å². The molecule has 0 aliphatic carbocycles. The molecule has 1 aromatic carbocycles. The first-order chi connectivity index (χ1) is 8.33. The summed E-state index contributed by atoms with van der Waals surface area (Å²) in [7, 11) is 0. The van der Waals surface area contributed by atoms with E-state index >= 15 is 0 Å². The smallest absolute Gasteiger partial charge is 0.155 e. The average Bonchev–Trinajstić information content (AvgIpc) is 2.73. The second-order valence-electron chi connectivity index (χ2n) is 4.42. The van der Waals surface area contributed by atoms with Crippen molar-refractivity contribution in [3.63, 3.8) is 0 Å². The predicted octanol–water partition coefficient (Wildman–Crippen LogP) is 2.62. The van der Waals surface area contributed by atoms with E-state index in [9.17, 15) is 0 Å². The van der Waals surface area contributed by atoms with Crippen molar-refractivity contribution in [2.75, 3.05) is 6.54 Å². The maximum Gasteiger partial charge on any atom is 0.155 e. The molecule has 1 aliphatic heterocycles. The molecule has 2 heterocycles. The summed E-state index contributed by atoms with van der Waals surface area (Å²) in [4.78, 5) is 2.40. The number of aromatic amines is 1. The van der Waals surface area contributed by atoms with E-state index in [-0.39, 0.29) is 0 Å². The zero-order chi connectivity index (χ0) is 11.7. The van der Waals surface area contributed by atoms with Crippen LogP contribution >= 0.6 is 11.6 Å². The van der Waals surface area contributed by atoms with Crippen LogP contribution in [0.2, 0.25) is 5.15 Å². The standard InChI is InChI=1S/C13H14ClN3/c14-13-11-9-17(7-6-12(11)15-16-13)8-10-4-2-1-3-5-10/h1-5H,6-9H2,(H,15,16). The molecular formula is C13H14ClN3. The summed E-state index contributed by atoms with van der Waals surface area (Å²) in [5.41, 5.74) is 3.70. The summed E-state index contributed by atoms with van der Waals surface area (Å²) in [5, 5.41) is 7.68. The number of aromatic nitrogens is 2. The number of hydrogen-bond donors (Lipinski definition) is 1. The Balaban J connectivity index is 1.74. The number of rotatable bonds is 2. The molecule has 0 fully saturated rings. The lowest BCUT2D eigenvalue weighted by Crippen LogP contribution is -2.29. The molecule has 2 aromatic rings. The van der Waals surface area contributed by atoms with Crippen molar-refractivity contribution in [3.05, 3.63) is 52.3 Å². The number of halogens is 1. The minimum Gasteiger partial charge on any atom is -0.294 e. The van der Waals surface area contributed by atoms with Gasteiger partial charge in [-0.3, -0.25) is 10.00 Å². The van der Waals surface area contributed by atoms with Gasteiger partial charge in [0.05, 0.1) is 0 Å². The molecule has 0 amide bonds. The summed E-state index contributed by atoms with van der Waals surface area (Å²) >= 11 is 6.06.